The highest BCUT2D eigenvalue weighted by molar-refractivity contribution is 6.31. The first kappa shape index (κ1) is 22.9. The van der Waals surface area contributed by atoms with E-state index in [1.165, 1.54) is 0 Å². The molecule has 2 N–H and O–H groups in total. The van der Waals surface area contributed by atoms with Crippen LogP contribution in [0.15, 0.2) is 84.9 Å². The minimum absolute atomic E-state index is 0.0344. The monoisotopic (exact) mass is 461 g/mol. The maximum absolute atomic E-state index is 13.5. The minimum atomic E-state index is -0.323. The van der Waals surface area contributed by atoms with Crippen LogP contribution in [0.5, 0.6) is 0 Å². The zero-order valence-electron chi connectivity index (χ0n) is 18.4. The number of nitrogens with zero attached hydrogens (tertiary/aromatic N) is 1. The Balaban J connectivity index is 1.33. The van der Waals surface area contributed by atoms with Crippen LogP contribution in [0, 0.1) is 0 Å². The average Bonchev–Trinajstić information content (AvgIpc) is 2.85. The van der Waals surface area contributed by atoms with Crippen molar-refractivity contribution in [3.8, 4) is 0 Å². The van der Waals surface area contributed by atoms with Crippen molar-refractivity contribution in [2.45, 2.75) is 31.3 Å². The lowest BCUT2D eigenvalue weighted by atomic mass is 9.89. The van der Waals surface area contributed by atoms with Gasteiger partial charge in [-0.15, -0.1) is 0 Å². The molecule has 0 bridgehead atoms. The highest BCUT2D eigenvalue weighted by Crippen LogP contribution is 2.28. The van der Waals surface area contributed by atoms with Crippen LogP contribution in [0.4, 0.5) is 4.79 Å². The summed E-state index contributed by atoms with van der Waals surface area (Å²) in [4.78, 5) is 27.8. The average molecular weight is 462 g/mol. The summed E-state index contributed by atoms with van der Waals surface area (Å²) in [5, 5.41) is 6.53. The van der Waals surface area contributed by atoms with Crippen molar-refractivity contribution in [1.82, 2.24) is 15.5 Å². The normalized spacial score (nSPS) is 14.2. The molecule has 0 spiro atoms. The van der Waals surface area contributed by atoms with Crippen LogP contribution >= 0.6 is 11.6 Å². The number of carbonyl (C=O) groups excluding carboxylic acids is 2. The number of rotatable bonds is 6. The van der Waals surface area contributed by atoms with Gasteiger partial charge in [-0.25, -0.2) is 4.79 Å². The summed E-state index contributed by atoms with van der Waals surface area (Å²) >= 11 is 6.15. The molecule has 170 valence electrons. The van der Waals surface area contributed by atoms with Gasteiger partial charge in [0.25, 0.3) is 0 Å². The Kier molecular flexibility index (Phi) is 7.63. The number of carbonyl (C=O) groups is 2. The minimum Gasteiger partial charge on any atom is -0.342 e. The van der Waals surface area contributed by atoms with Crippen LogP contribution in [0.3, 0.4) is 0 Å². The highest BCUT2D eigenvalue weighted by atomic mass is 35.5. The molecule has 1 heterocycles. The first-order chi connectivity index (χ1) is 16.1. The number of urea groups is 1. The lowest BCUT2D eigenvalue weighted by molar-refractivity contribution is -0.132. The highest BCUT2D eigenvalue weighted by Gasteiger charge is 2.30. The van der Waals surface area contributed by atoms with E-state index >= 15 is 0 Å². The third-order valence-electron chi connectivity index (χ3n) is 6.05. The van der Waals surface area contributed by atoms with E-state index in [0.29, 0.717) is 24.7 Å². The lowest BCUT2D eigenvalue weighted by Gasteiger charge is -2.35. The molecular weight excluding hydrogens is 434 g/mol. The van der Waals surface area contributed by atoms with Gasteiger partial charge in [0, 0.05) is 30.7 Å². The molecular formula is C27H28ClN3O2. The van der Waals surface area contributed by atoms with Gasteiger partial charge >= 0.3 is 6.03 Å². The van der Waals surface area contributed by atoms with Crippen LogP contribution in [0.2, 0.25) is 5.02 Å². The van der Waals surface area contributed by atoms with Gasteiger partial charge < -0.3 is 15.5 Å². The van der Waals surface area contributed by atoms with Crippen molar-refractivity contribution >= 4 is 23.5 Å². The molecule has 0 aromatic heterocycles. The fourth-order valence-corrected chi connectivity index (χ4v) is 4.45. The van der Waals surface area contributed by atoms with E-state index in [4.69, 9.17) is 11.6 Å². The lowest BCUT2D eigenvalue weighted by Crippen LogP contribution is -2.49. The first-order valence-corrected chi connectivity index (χ1v) is 11.7. The maximum Gasteiger partial charge on any atom is 0.315 e. The molecule has 1 saturated heterocycles. The van der Waals surface area contributed by atoms with Gasteiger partial charge in [-0.3, -0.25) is 4.79 Å². The zero-order valence-corrected chi connectivity index (χ0v) is 19.2. The van der Waals surface area contributed by atoms with Crippen LogP contribution in [0.25, 0.3) is 0 Å². The predicted molar refractivity (Wildman–Crippen MR) is 131 cm³/mol. The Morgan fingerprint density at radius 3 is 1.97 bits per heavy atom. The van der Waals surface area contributed by atoms with Crippen LogP contribution in [-0.2, 0) is 11.3 Å². The maximum atomic E-state index is 13.5. The van der Waals surface area contributed by atoms with E-state index in [0.717, 1.165) is 29.5 Å². The number of likely N-dealkylation sites (tertiary alicyclic amines) is 1. The van der Waals surface area contributed by atoms with E-state index in [1.54, 1.807) is 6.07 Å². The van der Waals surface area contributed by atoms with E-state index in [-0.39, 0.29) is 23.9 Å². The molecule has 3 aromatic carbocycles. The van der Waals surface area contributed by atoms with Crippen molar-refractivity contribution in [1.29, 1.82) is 0 Å². The van der Waals surface area contributed by atoms with Crippen molar-refractivity contribution in [3.63, 3.8) is 0 Å². The molecule has 0 unspecified atom stereocenters. The SMILES string of the molecule is O=C(NCc1ccccc1Cl)NC1CCN(C(=O)C(c2ccccc2)c2ccccc2)CC1. The molecule has 33 heavy (non-hydrogen) atoms. The fraction of sp³-hybridized carbons (Fsp3) is 0.259. The number of piperidine rings is 1. The molecule has 0 atom stereocenters. The van der Waals surface area contributed by atoms with Crippen LogP contribution in [-0.4, -0.2) is 36.0 Å². The predicted octanol–water partition coefficient (Wildman–Crippen LogP) is 4.96. The van der Waals surface area contributed by atoms with Crippen molar-refractivity contribution in [2.75, 3.05) is 13.1 Å². The standard InChI is InChI=1S/C27H28ClN3O2/c28-24-14-8-7-13-22(24)19-29-27(33)30-23-15-17-31(18-16-23)26(32)25(20-9-3-1-4-10-20)21-11-5-2-6-12-21/h1-14,23,25H,15-19H2,(H2,29,30,33). The second-order valence-electron chi connectivity index (χ2n) is 8.27. The Hall–Kier alpha value is -3.31. The molecule has 0 saturated carbocycles. The van der Waals surface area contributed by atoms with Gasteiger partial charge in [0.2, 0.25) is 5.91 Å². The third kappa shape index (κ3) is 5.93. The van der Waals surface area contributed by atoms with E-state index in [1.807, 2.05) is 83.8 Å². The van der Waals surface area contributed by atoms with Gasteiger partial charge in [0.1, 0.15) is 0 Å². The van der Waals surface area contributed by atoms with Gasteiger partial charge in [0.15, 0.2) is 0 Å². The summed E-state index contributed by atoms with van der Waals surface area (Å²) in [6, 6.07) is 27.1. The second kappa shape index (κ2) is 11.0. The quantitative estimate of drug-likeness (QED) is 0.545. The Labute approximate surface area is 199 Å². The van der Waals surface area contributed by atoms with Crippen molar-refractivity contribution in [2.24, 2.45) is 0 Å². The van der Waals surface area contributed by atoms with Crippen LogP contribution < -0.4 is 10.6 Å². The van der Waals surface area contributed by atoms with Gasteiger partial charge in [-0.2, -0.15) is 0 Å². The summed E-state index contributed by atoms with van der Waals surface area (Å²) in [6.07, 6.45) is 1.45. The summed E-state index contributed by atoms with van der Waals surface area (Å²) in [6.45, 7) is 1.60. The summed E-state index contributed by atoms with van der Waals surface area (Å²) < 4.78 is 0. The first-order valence-electron chi connectivity index (χ1n) is 11.3. The molecule has 0 radical (unpaired) electrons. The second-order valence-corrected chi connectivity index (χ2v) is 8.68. The summed E-state index contributed by atoms with van der Waals surface area (Å²) in [5.74, 6) is -0.218. The Morgan fingerprint density at radius 1 is 0.848 bits per heavy atom. The molecule has 4 rings (SSSR count). The van der Waals surface area contributed by atoms with E-state index < -0.39 is 0 Å². The summed E-state index contributed by atoms with van der Waals surface area (Å²) in [7, 11) is 0. The largest absolute Gasteiger partial charge is 0.342 e. The number of amides is 3. The Bertz CT molecular complexity index is 1030. The number of hydrogen-bond acceptors (Lipinski definition) is 2. The van der Waals surface area contributed by atoms with Crippen LogP contribution in [0.1, 0.15) is 35.4 Å². The van der Waals surface area contributed by atoms with Gasteiger partial charge in [-0.1, -0.05) is 90.5 Å². The zero-order chi connectivity index (χ0) is 23.0. The molecule has 1 aliphatic heterocycles. The molecule has 3 amide bonds. The summed E-state index contributed by atoms with van der Waals surface area (Å²) in [5.41, 5.74) is 2.86. The number of halogens is 1. The van der Waals surface area contributed by atoms with E-state index in [9.17, 15) is 9.59 Å². The van der Waals surface area contributed by atoms with E-state index in [2.05, 4.69) is 10.6 Å². The smallest absolute Gasteiger partial charge is 0.315 e. The van der Waals surface area contributed by atoms with Crippen molar-refractivity contribution < 1.29 is 9.59 Å². The fourth-order valence-electron chi connectivity index (χ4n) is 4.25. The number of nitrogens with one attached hydrogen (secondary N) is 2. The molecule has 6 heteroatoms. The molecule has 3 aromatic rings. The molecule has 1 aliphatic rings. The Morgan fingerprint density at radius 2 is 1.39 bits per heavy atom. The molecule has 5 nitrogen and oxygen atoms in total. The number of hydrogen-bond donors (Lipinski definition) is 2. The molecule has 0 aliphatic carbocycles. The van der Waals surface area contributed by atoms with Gasteiger partial charge in [0.05, 0.1) is 5.92 Å². The van der Waals surface area contributed by atoms with Gasteiger partial charge in [-0.05, 0) is 35.6 Å². The van der Waals surface area contributed by atoms with Crippen molar-refractivity contribution in [3.05, 3.63) is 107 Å². The molecule has 1 fully saturated rings. The topological polar surface area (TPSA) is 61.4 Å². The third-order valence-corrected chi connectivity index (χ3v) is 6.42. The number of benzene rings is 3.